The molecular weight excluding hydrogens is 568 g/mol. The zero-order valence-electron chi connectivity index (χ0n) is 19.8. The number of para-hydroxylation sites is 1. The van der Waals surface area contributed by atoms with Gasteiger partial charge in [0.25, 0.3) is 0 Å². The molecule has 35 heavy (non-hydrogen) atoms. The first-order chi connectivity index (χ1) is 16.7. The maximum atomic E-state index is 13.0. The Hall–Kier alpha value is -2.78. The summed E-state index contributed by atoms with van der Waals surface area (Å²) in [6, 6.07) is 13.0. The van der Waals surface area contributed by atoms with E-state index in [-0.39, 0.29) is 22.4 Å². The number of fused-ring (bicyclic) bond motifs is 5. The van der Waals surface area contributed by atoms with Gasteiger partial charge in [-0.3, -0.25) is 0 Å². The number of hydrogen-bond donors (Lipinski definition) is 0. The second-order valence-corrected chi connectivity index (χ2v) is 13.6. The molecule has 0 saturated carbocycles. The standard InChI is InChI=1S/C29H22N2O2STe/c1-28(2)19-7-5-8-20-23(19)31(26-21(28)9-6-10-30-26)27-22(29(20,3)4)12-15(34-27)11-16-24(32)17-13-35-14-18(17)25(16)33/h5-14H,1-4H3. The van der Waals surface area contributed by atoms with Gasteiger partial charge in [-0.15, -0.1) is 0 Å². The van der Waals surface area contributed by atoms with Crippen LogP contribution in [0.5, 0.6) is 0 Å². The van der Waals surface area contributed by atoms with Crippen molar-refractivity contribution in [3.63, 3.8) is 0 Å². The number of benzene rings is 1. The van der Waals surface area contributed by atoms with Gasteiger partial charge in [0.15, 0.2) is 0 Å². The van der Waals surface area contributed by atoms with E-state index in [2.05, 4.69) is 62.9 Å². The van der Waals surface area contributed by atoms with E-state index in [0.717, 1.165) is 15.7 Å². The molecule has 0 radical (unpaired) electrons. The molecule has 3 aromatic heterocycles. The van der Waals surface area contributed by atoms with Gasteiger partial charge in [-0.1, -0.05) is 13.8 Å². The van der Waals surface area contributed by atoms with Gasteiger partial charge >= 0.3 is 199 Å². The Morgan fingerprint density at radius 3 is 2.20 bits per heavy atom. The van der Waals surface area contributed by atoms with Crippen molar-refractivity contribution in [3.05, 3.63) is 94.6 Å². The molecule has 0 fully saturated rings. The molecule has 0 saturated heterocycles. The van der Waals surface area contributed by atoms with Crippen LogP contribution in [0.1, 0.15) is 75.5 Å². The van der Waals surface area contributed by atoms with Crippen LogP contribution < -0.4 is 4.90 Å². The van der Waals surface area contributed by atoms with Crippen molar-refractivity contribution in [1.29, 1.82) is 0 Å². The van der Waals surface area contributed by atoms with Gasteiger partial charge < -0.3 is 0 Å². The number of pyridine rings is 1. The van der Waals surface area contributed by atoms with Crippen LogP contribution in [-0.4, -0.2) is 37.0 Å². The Kier molecular flexibility index (Phi) is 4.25. The third-order valence-electron chi connectivity index (χ3n) is 7.81. The Bertz CT molecular complexity index is 1620. The van der Waals surface area contributed by atoms with Gasteiger partial charge in [-0.2, -0.15) is 0 Å². The number of Topliss-reactive ketones (excluding diaryl/α,β-unsaturated/α-hetero) is 2. The Balaban J connectivity index is 1.47. The fourth-order valence-electron chi connectivity index (χ4n) is 5.85. The average Bonchev–Trinajstić information content (AvgIpc) is 3.54. The molecule has 3 aliphatic rings. The van der Waals surface area contributed by atoms with Crippen molar-refractivity contribution in [2.45, 2.75) is 38.5 Å². The number of hydrogen-bond acceptors (Lipinski definition) is 5. The molecule has 1 aromatic carbocycles. The van der Waals surface area contributed by atoms with E-state index in [4.69, 9.17) is 4.98 Å². The molecule has 0 bridgehead atoms. The molecular formula is C29H22N2O2STe. The molecule has 0 atom stereocenters. The van der Waals surface area contributed by atoms with Crippen molar-refractivity contribution < 1.29 is 9.59 Å². The number of aromatic nitrogens is 1. The van der Waals surface area contributed by atoms with E-state index >= 15 is 0 Å². The summed E-state index contributed by atoms with van der Waals surface area (Å²) in [5.74, 6) is 0.719. The number of rotatable bonds is 1. The van der Waals surface area contributed by atoms with Crippen molar-refractivity contribution >= 4 is 65.9 Å². The number of ketones is 2. The Morgan fingerprint density at radius 1 is 0.886 bits per heavy atom. The molecule has 1 aliphatic carbocycles. The molecule has 7 rings (SSSR count). The average molecular weight is 590 g/mol. The topological polar surface area (TPSA) is 50.3 Å². The van der Waals surface area contributed by atoms with E-state index in [0.29, 0.717) is 16.7 Å². The molecule has 4 aromatic rings. The predicted molar refractivity (Wildman–Crippen MR) is 141 cm³/mol. The minimum atomic E-state index is -0.485. The van der Waals surface area contributed by atoms with Crippen molar-refractivity contribution in [1.82, 2.24) is 4.98 Å². The quantitative estimate of drug-likeness (QED) is 0.146. The van der Waals surface area contributed by atoms with E-state index < -0.39 is 20.4 Å². The number of thiophene rings is 1. The molecule has 2 aliphatic heterocycles. The van der Waals surface area contributed by atoms with Crippen LogP contribution in [0.15, 0.2) is 56.3 Å². The van der Waals surface area contributed by atoms with Crippen LogP contribution in [0.3, 0.4) is 0 Å². The molecule has 0 spiro atoms. The normalized spacial score (nSPS) is 18.2. The first kappa shape index (κ1) is 21.5. The summed E-state index contributed by atoms with van der Waals surface area (Å²) in [7, 11) is 0. The summed E-state index contributed by atoms with van der Waals surface area (Å²) < 4.78 is 3.97. The predicted octanol–water partition coefficient (Wildman–Crippen LogP) is 6.41. The Labute approximate surface area is 217 Å². The zero-order chi connectivity index (χ0) is 24.3. The fraction of sp³-hybridized carbons (Fsp3) is 0.207. The van der Waals surface area contributed by atoms with Crippen LogP contribution in [0.25, 0.3) is 6.08 Å². The Morgan fingerprint density at radius 2 is 1.51 bits per heavy atom. The molecule has 5 heterocycles. The monoisotopic (exact) mass is 592 g/mol. The molecule has 0 N–H and O–H groups in total. The van der Waals surface area contributed by atoms with Gasteiger partial charge in [0.2, 0.25) is 0 Å². The summed E-state index contributed by atoms with van der Waals surface area (Å²) in [5, 5.41) is 1.11. The SMILES string of the molecule is CC1(C)c2cccnc2N2c3sc(C=C4C(=O)c5c[te]cc5C4=O)cc3C(C)(C)c3cccc1c32. The van der Waals surface area contributed by atoms with E-state index in [1.165, 1.54) is 27.9 Å². The minimum absolute atomic E-state index is 0.119. The molecule has 0 amide bonds. The second kappa shape index (κ2) is 6.91. The summed E-state index contributed by atoms with van der Waals surface area (Å²) in [5.41, 5.74) is 7.30. The number of carbonyl (C=O) groups excluding carboxylic acids is 2. The van der Waals surface area contributed by atoms with Gasteiger partial charge in [0, 0.05) is 0 Å². The van der Waals surface area contributed by atoms with Gasteiger partial charge in [0.05, 0.1) is 0 Å². The number of anilines is 3. The summed E-state index contributed by atoms with van der Waals surface area (Å²) >= 11 is 1.15. The first-order valence-electron chi connectivity index (χ1n) is 11.6. The fourth-order valence-corrected chi connectivity index (χ4v) is 9.43. The third kappa shape index (κ3) is 2.65. The molecule has 0 unspecified atom stereocenters. The van der Waals surface area contributed by atoms with Crippen LogP contribution in [0.2, 0.25) is 0 Å². The molecule has 4 nitrogen and oxygen atoms in total. The number of carbonyl (C=O) groups is 2. The summed E-state index contributed by atoms with van der Waals surface area (Å²) in [6.45, 7) is 9.07. The van der Waals surface area contributed by atoms with Crippen LogP contribution in [0.4, 0.5) is 16.5 Å². The van der Waals surface area contributed by atoms with Crippen LogP contribution in [-0.2, 0) is 10.8 Å². The van der Waals surface area contributed by atoms with Crippen molar-refractivity contribution in [3.8, 4) is 0 Å². The van der Waals surface area contributed by atoms with Crippen LogP contribution >= 0.6 is 11.3 Å². The number of nitrogens with zero attached hydrogens (tertiary/aromatic N) is 2. The summed E-state index contributed by atoms with van der Waals surface area (Å²) in [4.78, 5) is 34.0. The van der Waals surface area contributed by atoms with Gasteiger partial charge in [-0.25, -0.2) is 0 Å². The zero-order valence-corrected chi connectivity index (χ0v) is 22.9. The first-order valence-corrected chi connectivity index (χ1v) is 15.1. The van der Waals surface area contributed by atoms with Gasteiger partial charge in [-0.05, 0) is 6.07 Å². The number of allylic oxidation sites excluding steroid dienone is 1. The van der Waals surface area contributed by atoms with Gasteiger partial charge in [0.1, 0.15) is 0 Å². The van der Waals surface area contributed by atoms with Crippen molar-refractivity contribution in [2.75, 3.05) is 4.90 Å². The van der Waals surface area contributed by atoms with E-state index in [1.807, 2.05) is 26.5 Å². The third-order valence-corrected chi connectivity index (χ3v) is 11.0. The summed E-state index contributed by atoms with van der Waals surface area (Å²) in [6.07, 6.45) is 3.67. The molecule has 6 heteroatoms. The second-order valence-electron chi connectivity index (χ2n) is 10.4. The van der Waals surface area contributed by atoms with Crippen LogP contribution in [0, 0.1) is 0 Å². The van der Waals surface area contributed by atoms with Crippen molar-refractivity contribution in [2.24, 2.45) is 0 Å². The maximum absolute atomic E-state index is 13.0. The molecule has 172 valence electrons. The van der Waals surface area contributed by atoms with E-state index in [1.54, 1.807) is 11.3 Å². The van der Waals surface area contributed by atoms with E-state index in [9.17, 15) is 9.59 Å².